The van der Waals surface area contributed by atoms with E-state index in [1.54, 1.807) is 42.6 Å². The number of hydrogen-bond acceptors (Lipinski definition) is 5. The summed E-state index contributed by atoms with van der Waals surface area (Å²) in [5, 5.41) is 11.0. The molecule has 6 heteroatoms. The number of aromatic nitrogens is 1. The third kappa shape index (κ3) is 3.33. The van der Waals surface area contributed by atoms with Gasteiger partial charge >= 0.3 is 0 Å². The van der Waals surface area contributed by atoms with Gasteiger partial charge in [-0.2, -0.15) is 0 Å². The summed E-state index contributed by atoms with van der Waals surface area (Å²) in [6.45, 7) is 0. The summed E-state index contributed by atoms with van der Waals surface area (Å²) >= 11 is 0. The van der Waals surface area contributed by atoms with Gasteiger partial charge in [-0.1, -0.05) is 42.5 Å². The molecule has 1 aromatic heterocycles. The third-order valence-electron chi connectivity index (χ3n) is 5.14. The minimum atomic E-state index is -0.759. The van der Waals surface area contributed by atoms with Gasteiger partial charge in [0.15, 0.2) is 0 Å². The van der Waals surface area contributed by atoms with Crippen LogP contribution in [0, 0.1) is 0 Å². The molecule has 0 bridgehead atoms. The molecule has 1 saturated heterocycles. The largest absolute Gasteiger partial charge is 0.507 e. The van der Waals surface area contributed by atoms with Crippen LogP contribution in [0.25, 0.3) is 5.76 Å². The van der Waals surface area contributed by atoms with E-state index in [0.29, 0.717) is 11.3 Å². The van der Waals surface area contributed by atoms with E-state index in [4.69, 9.17) is 0 Å². The molecule has 0 unspecified atom stereocenters. The second kappa shape index (κ2) is 7.83. The van der Waals surface area contributed by atoms with Crippen LogP contribution in [0.15, 0.2) is 84.7 Å². The van der Waals surface area contributed by atoms with Crippen molar-refractivity contribution in [1.29, 1.82) is 0 Å². The Kier molecular flexibility index (Phi) is 5.06. The molecule has 2 heterocycles. The lowest BCUT2D eigenvalue weighted by Crippen LogP contribution is -2.29. The van der Waals surface area contributed by atoms with Crippen LogP contribution >= 0.6 is 0 Å². The number of carbonyl (C=O) groups excluding carboxylic acids is 2. The highest BCUT2D eigenvalue weighted by Gasteiger charge is 2.47. The molecule has 3 aromatic rings. The first kappa shape index (κ1) is 19.4. The fraction of sp³-hybridized carbons (Fsp3) is 0.125. The van der Waals surface area contributed by atoms with Gasteiger partial charge in [0.25, 0.3) is 11.7 Å². The summed E-state index contributed by atoms with van der Waals surface area (Å²) in [5.41, 5.74) is 2.75. The number of aliphatic hydroxyl groups is 1. The van der Waals surface area contributed by atoms with Gasteiger partial charge in [-0.15, -0.1) is 0 Å². The lowest BCUT2D eigenvalue weighted by Gasteiger charge is -2.25. The lowest BCUT2D eigenvalue weighted by atomic mass is 9.95. The highest BCUT2D eigenvalue weighted by molar-refractivity contribution is 6.51. The Labute approximate surface area is 174 Å². The van der Waals surface area contributed by atoms with Gasteiger partial charge in [-0.05, 0) is 29.8 Å². The molecule has 1 atom stereocenters. The maximum atomic E-state index is 13.0. The second-order valence-corrected chi connectivity index (χ2v) is 7.23. The maximum Gasteiger partial charge on any atom is 0.300 e. The Morgan fingerprint density at radius 2 is 1.67 bits per heavy atom. The van der Waals surface area contributed by atoms with Crippen LogP contribution in [0.5, 0.6) is 0 Å². The molecule has 150 valence electrons. The molecule has 0 radical (unpaired) electrons. The average molecular weight is 399 g/mol. The van der Waals surface area contributed by atoms with Crippen LogP contribution < -0.4 is 9.80 Å². The fourth-order valence-corrected chi connectivity index (χ4v) is 3.62. The Hall–Kier alpha value is -3.93. The van der Waals surface area contributed by atoms with Crippen LogP contribution in [0.3, 0.4) is 0 Å². The summed E-state index contributed by atoms with van der Waals surface area (Å²) in [7, 11) is 3.87. The number of Topliss-reactive ketones (excluding diaryl/α,β-unsaturated/α-hetero) is 1. The van der Waals surface area contributed by atoms with Crippen molar-refractivity contribution in [3.63, 3.8) is 0 Å². The van der Waals surface area contributed by atoms with Gasteiger partial charge in [0.2, 0.25) is 0 Å². The van der Waals surface area contributed by atoms with Crippen molar-refractivity contribution in [2.75, 3.05) is 23.9 Å². The number of ketones is 1. The first-order chi connectivity index (χ1) is 14.5. The average Bonchev–Trinajstić information content (AvgIpc) is 3.05. The van der Waals surface area contributed by atoms with E-state index in [9.17, 15) is 14.7 Å². The summed E-state index contributed by atoms with van der Waals surface area (Å²) in [6, 6.07) is 19.0. The first-order valence-electron chi connectivity index (χ1n) is 9.53. The van der Waals surface area contributed by atoms with E-state index in [-0.39, 0.29) is 11.3 Å². The van der Waals surface area contributed by atoms with Crippen LogP contribution in [-0.4, -0.2) is 35.9 Å². The number of pyridine rings is 1. The van der Waals surface area contributed by atoms with Crippen molar-refractivity contribution < 1.29 is 14.7 Å². The summed E-state index contributed by atoms with van der Waals surface area (Å²) in [6.07, 6.45) is 3.14. The lowest BCUT2D eigenvalue weighted by molar-refractivity contribution is -0.132. The number of aliphatic hydroxyl groups excluding tert-OH is 1. The van der Waals surface area contributed by atoms with E-state index < -0.39 is 17.7 Å². The number of benzene rings is 2. The zero-order valence-electron chi connectivity index (χ0n) is 16.7. The van der Waals surface area contributed by atoms with Gasteiger partial charge in [0.1, 0.15) is 5.76 Å². The minimum absolute atomic E-state index is 0.0626. The molecule has 4 rings (SSSR count). The Morgan fingerprint density at radius 1 is 0.967 bits per heavy atom. The zero-order valence-corrected chi connectivity index (χ0v) is 16.7. The van der Waals surface area contributed by atoms with E-state index >= 15 is 0 Å². The molecule has 6 nitrogen and oxygen atoms in total. The first-order valence-corrected chi connectivity index (χ1v) is 9.53. The van der Waals surface area contributed by atoms with E-state index in [1.165, 1.54) is 11.1 Å². The third-order valence-corrected chi connectivity index (χ3v) is 5.14. The molecular weight excluding hydrogens is 378 g/mol. The molecule has 0 spiro atoms. The summed E-state index contributed by atoms with van der Waals surface area (Å²) < 4.78 is 0. The number of hydrogen-bond donors (Lipinski definition) is 1. The van der Waals surface area contributed by atoms with Crippen LogP contribution in [-0.2, 0) is 9.59 Å². The van der Waals surface area contributed by atoms with Gasteiger partial charge in [-0.25, -0.2) is 0 Å². The van der Waals surface area contributed by atoms with Gasteiger partial charge in [0.05, 0.1) is 23.5 Å². The molecule has 30 heavy (non-hydrogen) atoms. The number of carbonyl (C=O) groups is 2. The molecule has 1 aliphatic heterocycles. The highest BCUT2D eigenvalue weighted by atomic mass is 16.3. The van der Waals surface area contributed by atoms with Crippen molar-refractivity contribution in [3.05, 3.63) is 95.8 Å². The van der Waals surface area contributed by atoms with Crippen molar-refractivity contribution >= 4 is 28.8 Å². The van der Waals surface area contributed by atoms with Crippen molar-refractivity contribution in [2.24, 2.45) is 0 Å². The number of rotatable bonds is 4. The Bertz CT molecular complexity index is 1110. The van der Waals surface area contributed by atoms with E-state index in [0.717, 1.165) is 11.3 Å². The predicted octanol–water partition coefficient (Wildman–Crippen LogP) is 3.77. The molecule has 0 aliphatic carbocycles. The number of nitrogens with zero attached hydrogens (tertiary/aromatic N) is 3. The zero-order chi connectivity index (χ0) is 21.3. The number of anilines is 2. The predicted molar refractivity (Wildman–Crippen MR) is 116 cm³/mol. The van der Waals surface area contributed by atoms with E-state index in [2.05, 4.69) is 4.98 Å². The molecule has 1 fully saturated rings. The summed E-state index contributed by atoms with van der Waals surface area (Å²) in [5.74, 6) is -1.61. The maximum absolute atomic E-state index is 13.0. The van der Waals surface area contributed by atoms with Crippen LogP contribution in [0.1, 0.15) is 17.2 Å². The topological polar surface area (TPSA) is 73.7 Å². The highest BCUT2D eigenvalue weighted by Crippen LogP contribution is 2.42. The molecular formula is C24H21N3O3. The Balaban J connectivity index is 1.92. The SMILES string of the molecule is CN(C)c1ccc([C@@H]2C(=C(O)c3ccccc3)C(=O)C(=O)N2c2cccnc2)cc1. The summed E-state index contributed by atoms with van der Waals surface area (Å²) in [4.78, 5) is 33.5. The number of amides is 1. The van der Waals surface area contributed by atoms with E-state index in [1.807, 2.05) is 49.3 Å². The quantitative estimate of drug-likeness (QED) is 0.411. The van der Waals surface area contributed by atoms with Gasteiger partial charge in [-0.3, -0.25) is 19.5 Å². The van der Waals surface area contributed by atoms with Gasteiger partial charge in [0, 0.05) is 31.5 Å². The molecule has 1 amide bonds. The van der Waals surface area contributed by atoms with Crippen LogP contribution in [0.4, 0.5) is 11.4 Å². The van der Waals surface area contributed by atoms with Gasteiger partial charge < -0.3 is 10.0 Å². The smallest absolute Gasteiger partial charge is 0.300 e. The monoisotopic (exact) mass is 399 g/mol. The van der Waals surface area contributed by atoms with Crippen molar-refractivity contribution in [3.8, 4) is 0 Å². The molecule has 0 saturated carbocycles. The van der Waals surface area contributed by atoms with Crippen molar-refractivity contribution in [1.82, 2.24) is 4.98 Å². The minimum Gasteiger partial charge on any atom is -0.507 e. The van der Waals surface area contributed by atoms with Crippen molar-refractivity contribution in [2.45, 2.75) is 6.04 Å². The van der Waals surface area contributed by atoms with Crippen LogP contribution in [0.2, 0.25) is 0 Å². The normalized spacial score (nSPS) is 17.9. The molecule has 1 N–H and O–H groups in total. The second-order valence-electron chi connectivity index (χ2n) is 7.23. The standard InChI is InChI=1S/C24H21N3O3/c1-26(2)18-12-10-16(11-13-18)21-20(22(28)17-7-4-3-5-8-17)23(29)24(30)27(21)19-9-6-14-25-15-19/h3-15,21,28H,1-2H3/t21-/m1/s1. The molecule has 2 aromatic carbocycles. The Morgan fingerprint density at radius 3 is 2.27 bits per heavy atom. The fourth-order valence-electron chi connectivity index (χ4n) is 3.62. The molecule has 1 aliphatic rings.